The summed E-state index contributed by atoms with van der Waals surface area (Å²) in [4.78, 5) is 26.7. The van der Waals surface area contributed by atoms with Gasteiger partial charge in [-0.05, 0) is 29.8 Å². The summed E-state index contributed by atoms with van der Waals surface area (Å²) in [6, 6.07) is 9.26. The first-order valence-electron chi connectivity index (χ1n) is 7.18. The highest BCUT2D eigenvalue weighted by Crippen LogP contribution is 2.27. The molecule has 0 radical (unpaired) electrons. The van der Waals surface area contributed by atoms with Crippen molar-refractivity contribution in [3.8, 4) is 22.6 Å². The molecule has 1 N–H and O–H groups in total. The van der Waals surface area contributed by atoms with Crippen LogP contribution in [0, 0.1) is 5.82 Å². The summed E-state index contributed by atoms with van der Waals surface area (Å²) in [7, 11) is 1.55. The summed E-state index contributed by atoms with van der Waals surface area (Å²) in [5.74, 6) is -0.475. The van der Waals surface area contributed by atoms with E-state index in [-0.39, 0.29) is 16.7 Å². The molecule has 0 aliphatic carbocycles. The van der Waals surface area contributed by atoms with Crippen molar-refractivity contribution >= 4 is 16.9 Å². The van der Waals surface area contributed by atoms with Crippen molar-refractivity contribution in [2.24, 2.45) is 0 Å². The Bertz CT molecular complexity index is 977. The molecule has 3 rings (SSSR count). The summed E-state index contributed by atoms with van der Waals surface area (Å²) < 4.78 is 24.3. The molecule has 0 saturated carbocycles. The summed E-state index contributed by atoms with van der Waals surface area (Å²) in [6.07, 6.45) is 1.47. The second-order valence-corrected chi connectivity index (χ2v) is 5.15. The van der Waals surface area contributed by atoms with Gasteiger partial charge in [0, 0.05) is 18.7 Å². The van der Waals surface area contributed by atoms with Crippen molar-refractivity contribution < 1.29 is 18.7 Å². The van der Waals surface area contributed by atoms with Crippen molar-refractivity contribution in [2.45, 2.75) is 6.92 Å². The molecule has 0 amide bonds. The number of halogens is 1. The van der Waals surface area contributed by atoms with Gasteiger partial charge in [-0.15, -0.1) is 0 Å². The maximum Gasteiger partial charge on any atom is 0.308 e. The first kappa shape index (κ1) is 15.7. The Kier molecular flexibility index (Phi) is 4.04. The lowest BCUT2D eigenvalue weighted by molar-refractivity contribution is -0.131. The van der Waals surface area contributed by atoms with Gasteiger partial charge in [0.25, 0.3) is 0 Å². The molecule has 0 aliphatic heterocycles. The fraction of sp³-hybridized carbons (Fsp3) is 0.111. The van der Waals surface area contributed by atoms with E-state index in [0.29, 0.717) is 16.9 Å². The van der Waals surface area contributed by atoms with E-state index >= 15 is 0 Å². The SMILES string of the molecule is COc1ccc(-c2c[nH]c3c(OC(C)=O)ccc(F)c3c2=O)cc1. The first-order valence-corrected chi connectivity index (χ1v) is 7.18. The number of hydrogen-bond donors (Lipinski definition) is 1. The summed E-state index contributed by atoms with van der Waals surface area (Å²) in [6.45, 7) is 1.24. The maximum absolute atomic E-state index is 14.2. The quantitative estimate of drug-likeness (QED) is 0.592. The number of carbonyl (C=O) groups is 1. The van der Waals surface area contributed by atoms with Gasteiger partial charge in [-0.3, -0.25) is 9.59 Å². The van der Waals surface area contributed by atoms with Crippen molar-refractivity contribution in [3.05, 3.63) is 58.6 Å². The highest BCUT2D eigenvalue weighted by atomic mass is 19.1. The van der Waals surface area contributed by atoms with Gasteiger partial charge in [-0.25, -0.2) is 4.39 Å². The van der Waals surface area contributed by atoms with Crippen molar-refractivity contribution in [2.75, 3.05) is 7.11 Å². The fourth-order valence-corrected chi connectivity index (χ4v) is 2.49. The van der Waals surface area contributed by atoms with E-state index in [1.54, 1.807) is 31.4 Å². The monoisotopic (exact) mass is 327 g/mol. The van der Waals surface area contributed by atoms with Crippen LogP contribution in [-0.2, 0) is 4.79 Å². The molecule has 24 heavy (non-hydrogen) atoms. The normalized spacial score (nSPS) is 10.6. The molecule has 0 fully saturated rings. The second-order valence-electron chi connectivity index (χ2n) is 5.15. The number of nitrogens with one attached hydrogen (secondary N) is 1. The van der Waals surface area contributed by atoms with Crippen LogP contribution in [0.3, 0.4) is 0 Å². The third-order valence-electron chi connectivity index (χ3n) is 3.60. The van der Waals surface area contributed by atoms with Crippen molar-refractivity contribution in [1.82, 2.24) is 4.98 Å². The number of ether oxygens (including phenoxy) is 2. The molecule has 122 valence electrons. The molecule has 2 aromatic carbocycles. The number of benzene rings is 2. The minimum atomic E-state index is -0.683. The van der Waals surface area contributed by atoms with Gasteiger partial charge < -0.3 is 14.5 Å². The highest BCUT2D eigenvalue weighted by molar-refractivity contribution is 5.90. The number of methoxy groups -OCH3 is 1. The van der Waals surface area contributed by atoms with Gasteiger partial charge in [0.2, 0.25) is 0 Å². The van der Waals surface area contributed by atoms with Gasteiger partial charge in [-0.1, -0.05) is 12.1 Å². The molecule has 0 atom stereocenters. The minimum Gasteiger partial charge on any atom is -0.497 e. The van der Waals surface area contributed by atoms with Gasteiger partial charge >= 0.3 is 5.97 Å². The second kappa shape index (κ2) is 6.16. The van der Waals surface area contributed by atoms with E-state index < -0.39 is 17.2 Å². The molecule has 3 aromatic rings. The Morgan fingerprint density at radius 3 is 2.46 bits per heavy atom. The molecule has 0 spiro atoms. The molecule has 5 nitrogen and oxygen atoms in total. The molecule has 1 aromatic heterocycles. The Hall–Kier alpha value is -3.15. The van der Waals surface area contributed by atoms with Crippen LogP contribution in [0.4, 0.5) is 4.39 Å². The van der Waals surface area contributed by atoms with E-state index in [4.69, 9.17) is 9.47 Å². The standard InChI is InChI=1S/C18H14FNO4/c1-10(21)24-15-8-7-14(19)16-17(15)20-9-13(18(16)22)11-3-5-12(23-2)6-4-11/h3-9H,1-2H3,(H,20,22). The smallest absolute Gasteiger partial charge is 0.308 e. The number of H-pyrrole nitrogens is 1. The summed E-state index contributed by atoms with van der Waals surface area (Å²) >= 11 is 0. The average molecular weight is 327 g/mol. The van der Waals surface area contributed by atoms with Gasteiger partial charge in [-0.2, -0.15) is 0 Å². The largest absolute Gasteiger partial charge is 0.497 e. The Morgan fingerprint density at radius 2 is 1.83 bits per heavy atom. The lowest BCUT2D eigenvalue weighted by atomic mass is 10.0. The van der Waals surface area contributed by atoms with Crippen LogP contribution in [0.1, 0.15) is 6.92 Å². The minimum absolute atomic E-state index is 0.109. The number of esters is 1. The third-order valence-corrected chi connectivity index (χ3v) is 3.60. The van der Waals surface area contributed by atoms with Crippen LogP contribution in [0.15, 0.2) is 47.4 Å². The number of carbonyl (C=O) groups excluding carboxylic acids is 1. The molecular formula is C18H14FNO4. The van der Waals surface area contributed by atoms with Crippen LogP contribution >= 0.6 is 0 Å². The molecule has 0 aliphatic rings. The van der Waals surface area contributed by atoms with Crippen molar-refractivity contribution in [1.29, 1.82) is 0 Å². The lowest BCUT2D eigenvalue weighted by Gasteiger charge is -2.09. The zero-order valence-electron chi connectivity index (χ0n) is 13.1. The van der Waals surface area contributed by atoms with Crippen molar-refractivity contribution in [3.63, 3.8) is 0 Å². The van der Waals surface area contributed by atoms with Gasteiger partial charge in [0.15, 0.2) is 11.2 Å². The topological polar surface area (TPSA) is 68.4 Å². The molecule has 6 heteroatoms. The summed E-state index contributed by atoms with van der Waals surface area (Å²) in [5.41, 5.74) is 0.591. The zero-order valence-corrected chi connectivity index (χ0v) is 13.1. The molecular weight excluding hydrogens is 313 g/mol. The highest BCUT2D eigenvalue weighted by Gasteiger charge is 2.15. The number of aromatic amines is 1. The average Bonchev–Trinajstić information content (AvgIpc) is 2.57. The third kappa shape index (κ3) is 2.74. The van der Waals surface area contributed by atoms with Gasteiger partial charge in [0.1, 0.15) is 11.6 Å². The number of pyridine rings is 1. The van der Waals surface area contributed by atoms with Crippen LogP contribution in [0.5, 0.6) is 11.5 Å². The van der Waals surface area contributed by atoms with Crippen LogP contribution in [0.25, 0.3) is 22.0 Å². The van der Waals surface area contributed by atoms with E-state index in [1.165, 1.54) is 19.2 Å². The summed E-state index contributed by atoms with van der Waals surface area (Å²) in [5, 5.41) is -0.151. The molecule has 1 heterocycles. The van der Waals surface area contributed by atoms with Crippen LogP contribution in [-0.4, -0.2) is 18.1 Å². The lowest BCUT2D eigenvalue weighted by Crippen LogP contribution is -2.10. The predicted molar refractivity (Wildman–Crippen MR) is 87.8 cm³/mol. The Morgan fingerprint density at radius 1 is 1.12 bits per heavy atom. The maximum atomic E-state index is 14.2. The van der Waals surface area contributed by atoms with E-state index in [9.17, 15) is 14.0 Å². The molecule has 0 bridgehead atoms. The van der Waals surface area contributed by atoms with E-state index in [0.717, 1.165) is 6.07 Å². The first-order chi connectivity index (χ1) is 11.5. The number of fused-ring (bicyclic) bond motifs is 1. The zero-order chi connectivity index (χ0) is 17.3. The molecule has 0 saturated heterocycles. The number of hydrogen-bond acceptors (Lipinski definition) is 4. The van der Waals surface area contributed by atoms with E-state index in [2.05, 4.69) is 4.98 Å². The Labute approximate surface area is 136 Å². The van der Waals surface area contributed by atoms with Crippen LogP contribution < -0.4 is 14.9 Å². The number of rotatable bonds is 3. The number of aromatic nitrogens is 1. The van der Waals surface area contributed by atoms with Crippen LogP contribution in [0.2, 0.25) is 0 Å². The molecule has 0 unspecified atom stereocenters. The van der Waals surface area contributed by atoms with Gasteiger partial charge in [0.05, 0.1) is 18.0 Å². The predicted octanol–water partition coefficient (Wildman–Crippen LogP) is 3.27. The van der Waals surface area contributed by atoms with E-state index in [1.807, 2.05) is 0 Å². The Balaban J connectivity index is 2.22. The fourth-order valence-electron chi connectivity index (χ4n) is 2.49.